The summed E-state index contributed by atoms with van der Waals surface area (Å²) in [5, 5.41) is 16.9. The lowest BCUT2D eigenvalue weighted by Gasteiger charge is -2.13. The SMILES string of the molecule is Cc1ccc([N+](=O)[O-])cc1NC(=O)C1=NNC(=O)CC1. The Labute approximate surface area is 114 Å². The standard InChI is InChI=1S/C12H12N4O4/c1-7-2-3-8(16(19)20)6-10(7)13-12(18)9-4-5-11(17)15-14-9/h2-3,6H,4-5H2,1H3,(H,13,18)(H,15,17). The lowest BCUT2D eigenvalue weighted by atomic mass is 10.1. The molecule has 0 atom stereocenters. The lowest BCUT2D eigenvalue weighted by Crippen LogP contribution is -2.32. The number of carbonyl (C=O) groups is 2. The number of hydrazone groups is 1. The van der Waals surface area contributed by atoms with Crippen molar-refractivity contribution in [3.8, 4) is 0 Å². The average Bonchev–Trinajstić information content (AvgIpc) is 2.41. The first-order valence-electron chi connectivity index (χ1n) is 5.89. The third-order valence-electron chi connectivity index (χ3n) is 2.85. The second kappa shape index (κ2) is 5.47. The topological polar surface area (TPSA) is 114 Å². The number of nitrogens with zero attached hydrogens (tertiary/aromatic N) is 2. The zero-order chi connectivity index (χ0) is 14.7. The first-order chi connectivity index (χ1) is 9.47. The van der Waals surface area contributed by atoms with Gasteiger partial charge in [0.2, 0.25) is 5.91 Å². The number of amides is 2. The molecule has 20 heavy (non-hydrogen) atoms. The van der Waals surface area contributed by atoms with Gasteiger partial charge in [-0.25, -0.2) is 5.43 Å². The van der Waals surface area contributed by atoms with Crippen molar-refractivity contribution in [3.05, 3.63) is 33.9 Å². The van der Waals surface area contributed by atoms with Crippen LogP contribution >= 0.6 is 0 Å². The molecule has 1 aliphatic rings. The summed E-state index contributed by atoms with van der Waals surface area (Å²) in [5.74, 6) is -0.721. The second-order valence-electron chi connectivity index (χ2n) is 4.30. The van der Waals surface area contributed by atoms with Gasteiger partial charge in [0.1, 0.15) is 5.71 Å². The number of benzene rings is 1. The minimum absolute atomic E-state index is 0.107. The van der Waals surface area contributed by atoms with Crippen LogP contribution in [0.5, 0.6) is 0 Å². The number of hydrogen-bond donors (Lipinski definition) is 2. The van der Waals surface area contributed by atoms with Crippen LogP contribution in [-0.4, -0.2) is 22.4 Å². The zero-order valence-corrected chi connectivity index (χ0v) is 10.7. The summed E-state index contributed by atoms with van der Waals surface area (Å²) in [7, 11) is 0. The van der Waals surface area contributed by atoms with Crippen LogP contribution in [0.3, 0.4) is 0 Å². The molecule has 1 aliphatic heterocycles. The molecule has 0 saturated heterocycles. The number of anilines is 1. The molecule has 0 unspecified atom stereocenters. The largest absolute Gasteiger partial charge is 0.320 e. The van der Waals surface area contributed by atoms with E-state index in [1.807, 2.05) is 0 Å². The van der Waals surface area contributed by atoms with Gasteiger partial charge in [0.25, 0.3) is 11.6 Å². The summed E-state index contributed by atoms with van der Waals surface area (Å²) < 4.78 is 0. The molecule has 1 heterocycles. The van der Waals surface area contributed by atoms with E-state index in [-0.39, 0.29) is 30.1 Å². The molecule has 0 radical (unpaired) electrons. The van der Waals surface area contributed by atoms with E-state index in [0.717, 1.165) is 0 Å². The van der Waals surface area contributed by atoms with E-state index in [1.54, 1.807) is 13.0 Å². The van der Waals surface area contributed by atoms with Gasteiger partial charge in [-0.05, 0) is 12.5 Å². The molecular weight excluding hydrogens is 264 g/mol. The van der Waals surface area contributed by atoms with Gasteiger partial charge in [-0.2, -0.15) is 5.10 Å². The van der Waals surface area contributed by atoms with Crippen molar-refractivity contribution in [1.29, 1.82) is 0 Å². The van der Waals surface area contributed by atoms with Gasteiger partial charge in [0, 0.05) is 25.0 Å². The van der Waals surface area contributed by atoms with Gasteiger partial charge in [0.05, 0.1) is 10.6 Å². The number of carbonyl (C=O) groups excluding carboxylic acids is 2. The van der Waals surface area contributed by atoms with Crippen LogP contribution in [0.15, 0.2) is 23.3 Å². The number of nitro benzene ring substituents is 1. The molecule has 1 aromatic rings. The van der Waals surface area contributed by atoms with Gasteiger partial charge in [-0.1, -0.05) is 6.07 Å². The first kappa shape index (κ1) is 13.7. The molecule has 8 heteroatoms. The maximum Gasteiger partial charge on any atom is 0.271 e. The van der Waals surface area contributed by atoms with Crippen LogP contribution in [0.2, 0.25) is 0 Å². The van der Waals surface area contributed by atoms with Crippen LogP contribution in [0.1, 0.15) is 18.4 Å². The van der Waals surface area contributed by atoms with Gasteiger partial charge in [-0.15, -0.1) is 0 Å². The zero-order valence-electron chi connectivity index (χ0n) is 10.7. The van der Waals surface area contributed by atoms with Gasteiger partial charge in [-0.3, -0.25) is 19.7 Å². The van der Waals surface area contributed by atoms with Gasteiger partial charge >= 0.3 is 0 Å². The molecule has 8 nitrogen and oxygen atoms in total. The monoisotopic (exact) mass is 276 g/mol. The van der Waals surface area contributed by atoms with Crippen LogP contribution in [0.4, 0.5) is 11.4 Å². The molecule has 1 aromatic carbocycles. The fourth-order valence-corrected chi connectivity index (χ4v) is 1.69. The van der Waals surface area contributed by atoms with Crippen molar-refractivity contribution in [3.63, 3.8) is 0 Å². The van der Waals surface area contributed by atoms with Crippen LogP contribution in [-0.2, 0) is 9.59 Å². The number of aryl methyl sites for hydroxylation is 1. The molecule has 2 N–H and O–H groups in total. The van der Waals surface area contributed by atoms with Crippen molar-refractivity contribution < 1.29 is 14.5 Å². The molecule has 104 valence electrons. The molecule has 0 fully saturated rings. The Bertz CT molecular complexity index is 624. The van der Waals surface area contributed by atoms with Crippen molar-refractivity contribution in [2.75, 3.05) is 5.32 Å². The van der Waals surface area contributed by atoms with Crippen LogP contribution in [0.25, 0.3) is 0 Å². The third kappa shape index (κ3) is 2.97. The van der Waals surface area contributed by atoms with E-state index >= 15 is 0 Å². The Kier molecular flexibility index (Phi) is 3.74. The van der Waals surface area contributed by atoms with Crippen molar-refractivity contribution in [2.24, 2.45) is 5.10 Å². The minimum Gasteiger partial charge on any atom is -0.320 e. The predicted molar refractivity (Wildman–Crippen MR) is 71.3 cm³/mol. The molecule has 0 bridgehead atoms. The highest BCUT2D eigenvalue weighted by molar-refractivity contribution is 6.43. The Morgan fingerprint density at radius 3 is 2.80 bits per heavy atom. The number of hydrogen-bond acceptors (Lipinski definition) is 5. The lowest BCUT2D eigenvalue weighted by molar-refractivity contribution is -0.384. The highest BCUT2D eigenvalue weighted by atomic mass is 16.6. The van der Waals surface area contributed by atoms with Gasteiger partial charge in [0.15, 0.2) is 0 Å². The molecule has 0 saturated carbocycles. The summed E-state index contributed by atoms with van der Waals surface area (Å²) in [5.41, 5.74) is 3.36. The summed E-state index contributed by atoms with van der Waals surface area (Å²) >= 11 is 0. The highest BCUT2D eigenvalue weighted by Gasteiger charge is 2.19. The van der Waals surface area contributed by atoms with Crippen molar-refractivity contribution in [2.45, 2.75) is 19.8 Å². The molecular formula is C12H12N4O4. The quantitative estimate of drug-likeness (QED) is 0.635. The molecule has 0 aliphatic carbocycles. The van der Waals surface area contributed by atoms with Crippen LogP contribution < -0.4 is 10.7 Å². The molecule has 0 aromatic heterocycles. The summed E-state index contributed by atoms with van der Waals surface area (Å²) in [6, 6.07) is 4.21. The smallest absolute Gasteiger partial charge is 0.271 e. The number of nitro groups is 1. The number of non-ortho nitro benzene ring substituents is 1. The Hall–Kier alpha value is -2.77. The Morgan fingerprint density at radius 1 is 1.45 bits per heavy atom. The van der Waals surface area contributed by atoms with Crippen LogP contribution in [0, 0.1) is 17.0 Å². The summed E-state index contributed by atoms with van der Waals surface area (Å²) in [6.45, 7) is 1.73. The molecule has 2 amide bonds. The maximum atomic E-state index is 11.9. The normalized spacial score (nSPS) is 14.2. The predicted octanol–water partition coefficient (Wildman–Crippen LogP) is 1.11. The van der Waals surface area contributed by atoms with E-state index in [9.17, 15) is 19.7 Å². The fourth-order valence-electron chi connectivity index (χ4n) is 1.69. The maximum absolute atomic E-state index is 11.9. The van der Waals surface area contributed by atoms with Gasteiger partial charge < -0.3 is 5.32 Å². The third-order valence-corrected chi connectivity index (χ3v) is 2.85. The van der Waals surface area contributed by atoms with Crippen molar-refractivity contribution in [1.82, 2.24) is 5.43 Å². The minimum atomic E-state index is -0.534. The van der Waals surface area contributed by atoms with E-state index < -0.39 is 10.8 Å². The molecule has 2 rings (SSSR count). The summed E-state index contributed by atoms with van der Waals surface area (Å²) in [6.07, 6.45) is 0.436. The van der Waals surface area contributed by atoms with E-state index in [2.05, 4.69) is 15.8 Å². The summed E-state index contributed by atoms with van der Waals surface area (Å²) in [4.78, 5) is 33.1. The van der Waals surface area contributed by atoms with Crippen molar-refractivity contribution >= 4 is 28.9 Å². The Balaban J connectivity index is 2.17. The molecule has 0 spiro atoms. The fraction of sp³-hybridized carbons (Fsp3) is 0.250. The second-order valence-corrected chi connectivity index (χ2v) is 4.30. The van der Waals surface area contributed by atoms with E-state index in [0.29, 0.717) is 11.3 Å². The number of nitrogens with one attached hydrogen (secondary N) is 2. The highest BCUT2D eigenvalue weighted by Crippen LogP contribution is 2.22. The Morgan fingerprint density at radius 2 is 2.20 bits per heavy atom. The van der Waals surface area contributed by atoms with E-state index in [1.165, 1.54) is 12.1 Å². The number of rotatable bonds is 3. The average molecular weight is 276 g/mol. The van der Waals surface area contributed by atoms with E-state index in [4.69, 9.17) is 0 Å². The first-order valence-corrected chi connectivity index (χ1v) is 5.89.